The zero-order valence-corrected chi connectivity index (χ0v) is 12.1. The molecule has 1 amide bonds. The second kappa shape index (κ2) is 6.37. The number of hydrogen-bond acceptors (Lipinski definition) is 2. The average Bonchev–Trinajstić information content (AvgIpc) is 2.25. The van der Waals surface area contributed by atoms with Crippen LogP contribution in [0.4, 0.5) is 5.69 Å². The molecule has 88 valence electrons. The molecule has 3 N–H and O–H groups in total. The molecule has 0 radical (unpaired) electrons. The number of benzene rings is 1. The summed E-state index contributed by atoms with van der Waals surface area (Å²) in [7, 11) is 0. The molecule has 0 saturated heterocycles. The molecule has 0 fully saturated rings. The van der Waals surface area contributed by atoms with E-state index in [0.717, 1.165) is 21.1 Å². The monoisotopic (exact) mass is 348 g/mol. The molecular formula is C11H14Br2N2O. The molecule has 1 aromatic carbocycles. The summed E-state index contributed by atoms with van der Waals surface area (Å²) >= 11 is 6.79. The maximum absolute atomic E-state index is 11.8. The Morgan fingerprint density at radius 2 is 2.00 bits per heavy atom. The smallest absolute Gasteiger partial charge is 0.228 e. The summed E-state index contributed by atoms with van der Waals surface area (Å²) in [4.78, 5) is 11.8. The van der Waals surface area contributed by atoms with E-state index in [-0.39, 0.29) is 11.8 Å². The molecule has 1 atom stereocenters. The second-order valence-corrected chi connectivity index (χ2v) is 5.14. The lowest BCUT2D eigenvalue weighted by Gasteiger charge is -2.14. The summed E-state index contributed by atoms with van der Waals surface area (Å²) in [5.74, 6) is -0.184. The fraction of sp³-hybridized carbons (Fsp3) is 0.364. The van der Waals surface area contributed by atoms with E-state index in [0.29, 0.717) is 6.54 Å². The van der Waals surface area contributed by atoms with Crippen molar-refractivity contribution >= 4 is 43.5 Å². The van der Waals surface area contributed by atoms with Gasteiger partial charge in [0, 0.05) is 15.5 Å². The Morgan fingerprint density at radius 3 is 2.44 bits per heavy atom. The van der Waals surface area contributed by atoms with Crippen molar-refractivity contribution in [1.29, 1.82) is 0 Å². The Hall–Kier alpha value is -0.390. The molecule has 16 heavy (non-hydrogen) atoms. The number of halogens is 2. The summed E-state index contributed by atoms with van der Waals surface area (Å²) in [6, 6.07) is 5.65. The lowest BCUT2D eigenvalue weighted by Crippen LogP contribution is -2.28. The maximum Gasteiger partial charge on any atom is 0.228 e. The largest absolute Gasteiger partial charge is 0.330 e. The molecule has 0 aliphatic carbocycles. The van der Waals surface area contributed by atoms with Crippen LogP contribution in [0.25, 0.3) is 0 Å². The number of anilines is 1. The Bertz CT molecular complexity index is 358. The predicted octanol–water partition coefficient (Wildman–Crippen LogP) is 3.14. The topological polar surface area (TPSA) is 55.1 Å². The van der Waals surface area contributed by atoms with Crippen LogP contribution in [0.3, 0.4) is 0 Å². The summed E-state index contributed by atoms with van der Waals surface area (Å²) in [6.07, 6.45) is 0.740. The summed E-state index contributed by atoms with van der Waals surface area (Å²) in [5.41, 5.74) is 6.28. The minimum absolute atomic E-state index is 0.0439. The van der Waals surface area contributed by atoms with Gasteiger partial charge in [0.15, 0.2) is 0 Å². The van der Waals surface area contributed by atoms with Gasteiger partial charge >= 0.3 is 0 Å². The Kier molecular flexibility index (Phi) is 5.44. The number of hydrogen-bond donors (Lipinski definition) is 2. The lowest BCUT2D eigenvalue weighted by molar-refractivity contribution is -0.119. The summed E-state index contributed by atoms with van der Waals surface area (Å²) < 4.78 is 1.70. The molecule has 3 nitrogen and oxygen atoms in total. The number of nitrogens with one attached hydrogen (secondary N) is 1. The van der Waals surface area contributed by atoms with Crippen LogP contribution in [0.2, 0.25) is 0 Å². The number of amides is 1. The number of carbonyl (C=O) groups is 1. The number of para-hydroxylation sites is 1. The third kappa shape index (κ3) is 3.30. The average molecular weight is 350 g/mol. The Balaban J connectivity index is 2.84. The van der Waals surface area contributed by atoms with Gasteiger partial charge in [0.2, 0.25) is 5.91 Å². The van der Waals surface area contributed by atoms with Gasteiger partial charge in [-0.15, -0.1) is 0 Å². The fourth-order valence-corrected chi connectivity index (χ4v) is 2.50. The number of carbonyl (C=O) groups excluding carboxylic acids is 1. The van der Waals surface area contributed by atoms with Crippen LogP contribution in [0.1, 0.15) is 13.3 Å². The Morgan fingerprint density at radius 1 is 1.44 bits per heavy atom. The van der Waals surface area contributed by atoms with Crippen LogP contribution < -0.4 is 11.1 Å². The molecule has 1 aromatic rings. The van der Waals surface area contributed by atoms with Gasteiger partial charge in [0.1, 0.15) is 0 Å². The van der Waals surface area contributed by atoms with Crippen molar-refractivity contribution in [2.24, 2.45) is 11.7 Å². The molecule has 0 aliphatic rings. The van der Waals surface area contributed by atoms with Gasteiger partial charge in [-0.2, -0.15) is 0 Å². The molecule has 1 unspecified atom stereocenters. The van der Waals surface area contributed by atoms with E-state index in [1.807, 2.05) is 25.1 Å². The van der Waals surface area contributed by atoms with E-state index in [4.69, 9.17) is 5.73 Å². The molecule has 0 spiro atoms. The second-order valence-electron chi connectivity index (χ2n) is 3.43. The third-order valence-corrected chi connectivity index (χ3v) is 3.68. The third-order valence-electron chi connectivity index (χ3n) is 2.36. The minimum atomic E-state index is -0.140. The first kappa shape index (κ1) is 13.7. The van der Waals surface area contributed by atoms with E-state index in [2.05, 4.69) is 37.2 Å². The van der Waals surface area contributed by atoms with Crippen LogP contribution in [0.5, 0.6) is 0 Å². The van der Waals surface area contributed by atoms with Gasteiger partial charge in [-0.3, -0.25) is 4.79 Å². The van der Waals surface area contributed by atoms with Gasteiger partial charge < -0.3 is 11.1 Å². The van der Waals surface area contributed by atoms with E-state index in [1.54, 1.807) is 0 Å². The number of nitrogens with two attached hydrogens (primary N) is 1. The quantitative estimate of drug-likeness (QED) is 0.877. The molecule has 0 bridgehead atoms. The molecule has 0 saturated carbocycles. The van der Waals surface area contributed by atoms with E-state index >= 15 is 0 Å². The summed E-state index contributed by atoms with van der Waals surface area (Å²) in [5, 5.41) is 2.87. The highest BCUT2D eigenvalue weighted by atomic mass is 79.9. The first-order chi connectivity index (χ1) is 7.60. The minimum Gasteiger partial charge on any atom is -0.330 e. The van der Waals surface area contributed by atoms with Crippen LogP contribution in [0.15, 0.2) is 27.1 Å². The SMILES string of the molecule is CCC(CN)C(=O)Nc1c(Br)cccc1Br. The van der Waals surface area contributed by atoms with Gasteiger partial charge in [-0.25, -0.2) is 0 Å². The maximum atomic E-state index is 11.8. The van der Waals surface area contributed by atoms with Gasteiger partial charge in [-0.1, -0.05) is 13.0 Å². The van der Waals surface area contributed by atoms with Crippen LogP contribution in [0, 0.1) is 5.92 Å². The fourth-order valence-electron chi connectivity index (χ4n) is 1.30. The lowest BCUT2D eigenvalue weighted by atomic mass is 10.1. The van der Waals surface area contributed by atoms with Gasteiger partial charge in [-0.05, 0) is 50.4 Å². The summed E-state index contributed by atoms with van der Waals surface area (Å²) in [6.45, 7) is 2.32. The molecule has 5 heteroatoms. The van der Waals surface area contributed by atoms with E-state index in [1.165, 1.54) is 0 Å². The highest BCUT2D eigenvalue weighted by molar-refractivity contribution is 9.11. The van der Waals surface area contributed by atoms with Crippen molar-refractivity contribution in [1.82, 2.24) is 0 Å². The molecule has 0 aliphatic heterocycles. The standard InChI is InChI=1S/C11H14Br2N2O/c1-2-7(6-14)11(16)15-10-8(12)4-3-5-9(10)13/h3-5,7H,2,6,14H2,1H3,(H,15,16). The zero-order chi connectivity index (χ0) is 12.1. The van der Waals surface area contributed by atoms with E-state index < -0.39 is 0 Å². The predicted molar refractivity (Wildman–Crippen MR) is 73.3 cm³/mol. The highest BCUT2D eigenvalue weighted by Crippen LogP contribution is 2.30. The zero-order valence-electron chi connectivity index (χ0n) is 8.97. The molecule has 0 aromatic heterocycles. The normalized spacial score (nSPS) is 12.2. The molecule has 1 rings (SSSR count). The van der Waals surface area contributed by atoms with Crippen LogP contribution in [-0.4, -0.2) is 12.5 Å². The first-order valence-corrected chi connectivity index (χ1v) is 6.63. The first-order valence-electron chi connectivity index (χ1n) is 5.05. The van der Waals surface area contributed by atoms with Crippen molar-refractivity contribution in [3.05, 3.63) is 27.1 Å². The molecule has 0 heterocycles. The van der Waals surface area contributed by atoms with Crippen molar-refractivity contribution in [3.63, 3.8) is 0 Å². The van der Waals surface area contributed by atoms with Crippen molar-refractivity contribution < 1.29 is 4.79 Å². The van der Waals surface area contributed by atoms with Crippen LogP contribution in [-0.2, 0) is 4.79 Å². The van der Waals surface area contributed by atoms with Crippen molar-refractivity contribution in [2.75, 3.05) is 11.9 Å². The number of rotatable bonds is 4. The van der Waals surface area contributed by atoms with Crippen molar-refractivity contribution in [2.45, 2.75) is 13.3 Å². The van der Waals surface area contributed by atoms with Gasteiger partial charge in [0.05, 0.1) is 11.6 Å². The van der Waals surface area contributed by atoms with Crippen LogP contribution >= 0.6 is 31.9 Å². The highest BCUT2D eigenvalue weighted by Gasteiger charge is 2.16. The van der Waals surface area contributed by atoms with Crippen molar-refractivity contribution in [3.8, 4) is 0 Å². The van der Waals surface area contributed by atoms with E-state index in [9.17, 15) is 4.79 Å². The Labute approximate surface area is 112 Å². The molecular weight excluding hydrogens is 336 g/mol. The van der Waals surface area contributed by atoms with Gasteiger partial charge in [0.25, 0.3) is 0 Å².